The molecule has 0 saturated carbocycles. The van der Waals surface area contributed by atoms with Gasteiger partial charge < -0.3 is 10.5 Å². The predicted molar refractivity (Wildman–Crippen MR) is 82.5 cm³/mol. The second-order valence-electron chi connectivity index (χ2n) is 4.73. The average molecular weight is 309 g/mol. The molecule has 0 radical (unpaired) electrons. The van der Waals surface area contributed by atoms with Crippen molar-refractivity contribution < 1.29 is 13.9 Å². The maximum Gasteiger partial charge on any atom is 0.268 e. The third-order valence-corrected chi connectivity index (χ3v) is 3.09. The lowest BCUT2D eigenvalue weighted by atomic mass is 10.1. The number of nitrogens with two attached hydrogens (primary N) is 1. The molecule has 1 amide bonds. The molecule has 3 aromatic rings. The molecule has 114 valence electrons. The number of aromatic nitrogens is 2. The first kappa shape index (κ1) is 14.6. The van der Waals surface area contributed by atoms with Crippen LogP contribution in [0.1, 0.15) is 10.5 Å². The van der Waals surface area contributed by atoms with Crippen LogP contribution < -0.4 is 10.5 Å². The van der Waals surface area contributed by atoms with E-state index in [2.05, 4.69) is 9.97 Å². The van der Waals surface area contributed by atoms with Crippen molar-refractivity contribution in [2.45, 2.75) is 0 Å². The fraction of sp³-hybridized carbons (Fsp3) is 0. The van der Waals surface area contributed by atoms with Gasteiger partial charge in [0.2, 0.25) is 0 Å². The van der Waals surface area contributed by atoms with Crippen molar-refractivity contribution in [2.24, 2.45) is 5.73 Å². The number of carbonyl (C=O) groups excluding carboxylic acids is 1. The third kappa shape index (κ3) is 3.49. The number of halogens is 1. The summed E-state index contributed by atoms with van der Waals surface area (Å²) >= 11 is 0. The quantitative estimate of drug-likeness (QED) is 0.803. The number of amides is 1. The molecule has 23 heavy (non-hydrogen) atoms. The molecular weight excluding hydrogens is 297 g/mol. The van der Waals surface area contributed by atoms with Crippen LogP contribution in [0, 0.1) is 5.82 Å². The second-order valence-corrected chi connectivity index (χ2v) is 4.73. The molecule has 1 aromatic heterocycles. The number of hydrogen-bond donors (Lipinski definition) is 1. The van der Waals surface area contributed by atoms with Gasteiger partial charge in [0.25, 0.3) is 5.91 Å². The van der Waals surface area contributed by atoms with Gasteiger partial charge in [0.1, 0.15) is 23.0 Å². The van der Waals surface area contributed by atoms with E-state index in [0.717, 1.165) is 5.56 Å². The molecule has 0 aliphatic carbocycles. The maximum absolute atomic E-state index is 12.9. The molecule has 0 unspecified atom stereocenters. The molecule has 0 bridgehead atoms. The van der Waals surface area contributed by atoms with E-state index in [-0.39, 0.29) is 11.5 Å². The van der Waals surface area contributed by atoms with Crippen LogP contribution in [-0.4, -0.2) is 15.9 Å². The molecule has 2 aromatic carbocycles. The van der Waals surface area contributed by atoms with Crippen LogP contribution in [0.5, 0.6) is 11.5 Å². The Morgan fingerprint density at radius 3 is 2.17 bits per heavy atom. The van der Waals surface area contributed by atoms with E-state index in [9.17, 15) is 9.18 Å². The summed E-state index contributed by atoms with van der Waals surface area (Å²) in [6.45, 7) is 0. The van der Waals surface area contributed by atoms with E-state index in [1.807, 2.05) is 0 Å². The summed E-state index contributed by atoms with van der Waals surface area (Å²) in [6, 6.07) is 12.8. The van der Waals surface area contributed by atoms with Crippen molar-refractivity contribution in [3.8, 4) is 22.8 Å². The number of rotatable bonds is 4. The molecule has 0 saturated heterocycles. The van der Waals surface area contributed by atoms with Crippen LogP contribution in [0.15, 0.2) is 60.9 Å². The predicted octanol–water partition coefficient (Wildman–Crippen LogP) is 3.17. The minimum Gasteiger partial charge on any atom is -0.457 e. The summed E-state index contributed by atoms with van der Waals surface area (Å²) in [4.78, 5) is 19.2. The Bertz CT molecular complexity index is 833. The van der Waals surface area contributed by atoms with Gasteiger partial charge in [0.15, 0.2) is 0 Å². The zero-order valence-electron chi connectivity index (χ0n) is 11.9. The van der Waals surface area contributed by atoms with Crippen molar-refractivity contribution in [1.82, 2.24) is 9.97 Å². The highest BCUT2D eigenvalue weighted by molar-refractivity contribution is 5.90. The zero-order chi connectivity index (χ0) is 16.2. The summed E-state index contributed by atoms with van der Waals surface area (Å²) in [5.74, 6) is 0.185. The van der Waals surface area contributed by atoms with Crippen LogP contribution >= 0.6 is 0 Å². The molecule has 0 aliphatic rings. The normalized spacial score (nSPS) is 10.3. The lowest BCUT2D eigenvalue weighted by molar-refractivity contribution is 0.0995. The second kappa shape index (κ2) is 6.23. The first-order valence-electron chi connectivity index (χ1n) is 6.77. The maximum atomic E-state index is 12.9. The third-order valence-electron chi connectivity index (χ3n) is 3.09. The molecule has 5 nitrogen and oxygen atoms in total. The molecule has 0 spiro atoms. The Morgan fingerprint density at radius 2 is 1.57 bits per heavy atom. The highest BCUT2D eigenvalue weighted by Gasteiger charge is 2.06. The first-order valence-corrected chi connectivity index (χ1v) is 6.77. The number of hydrogen-bond acceptors (Lipinski definition) is 4. The van der Waals surface area contributed by atoms with Crippen molar-refractivity contribution in [1.29, 1.82) is 0 Å². The molecule has 0 atom stereocenters. The smallest absolute Gasteiger partial charge is 0.268 e. The Labute approximate surface area is 131 Å². The van der Waals surface area contributed by atoms with Crippen molar-refractivity contribution in [2.75, 3.05) is 0 Å². The lowest BCUT2D eigenvalue weighted by Crippen LogP contribution is -2.13. The molecule has 6 heteroatoms. The van der Waals surface area contributed by atoms with Crippen LogP contribution in [-0.2, 0) is 0 Å². The summed E-state index contributed by atoms with van der Waals surface area (Å²) in [5.41, 5.74) is 6.61. The minimum absolute atomic E-state index is 0.106. The summed E-state index contributed by atoms with van der Waals surface area (Å²) in [7, 11) is 0. The highest BCUT2D eigenvalue weighted by Crippen LogP contribution is 2.25. The number of ether oxygens (including phenoxy) is 1. The Hall–Kier alpha value is -3.28. The highest BCUT2D eigenvalue weighted by atomic mass is 19.1. The van der Waals surface area contributed by atoms with Gasteiger partial charge in [0, 0.05) is 5.56 Å². The van der Waals surface area contributed by atoms with Crippen LogP contribution in [0.4, 0.5) is 4.39 Å². The Morgan fingerprint density at radius 1 is 0.957 bits per heavy atom. The fourth-order valence-electron chi connectivity index (χ4n) is 1.96. The van der Waals surface area contributed by atoms with Gasteiger partial charge in [-0.15, -0.1) is 0 Å². The van der Waals surface area contributed by atoms with Gasteiger partial charge in [-0.25, -0.2) is 9.37 Å². The molecule has 0 aliphatic heterocycles. The summed E-state index contributed by atoms with van der Waals surface area (Å²) in [5, 5.41) is 0. The molecule has 1 heterocycles. The minimum atomic E-state index is -0.629. The molecule has 3 rings (SSSR count). The van der Waals surface area contributed by atoms with Crippen molar-refractivity contribution in [3.63, 3.8) is 0 Å². The van der Waals surface area contributed by atoms with Crippen molar-refractivity contribution in [3.05, 3.63) is 72.4 Å². The zero-order valence-corrected chi connectivity index (χ0v) is 11.9. The van der Waals surface area contributed by atoms with Gasteiger partial charge in [-0.05, 0) is 48.5 Å². The van der Waals surface area contributed by atoms with E-state index < -0.39 is 5.91 Å². The monoisotopic (exact) mass is 309 g/mol. The molecular formula is C17H12FN3O2. The number of benzene rings is 2. The average Bonchev–Trinajstić information content (AvgIpc) is 2.58. The van der Waals surface area contributed by atoms with Gasteiger partial charge in [-0.2, -0.15) is 0 Å². The van der Waals surface area contributed by atoms with E-state index in [1.54, 1.807) is 42.6 Å². The largest absolute Gasteiger partial charge is 0.457 e. The number of nitrogens with zero attached hydrogens (tertiary/aromatic N) is 2. The summed E-state index contributed by atoms with van der Waals surface area (Å²) in [6.07, 6.45) is 2.86. The van der Waals surface area contributed by atoms with E-state index in [4.69, 9.17) is 10.5 Å². The van der Waals surface area contributed by atoms with Gasteiger partial charge in [0.05, 0.1) is 18.1 Å². The number of primary amides is 1. The Balaban J connectivity index is 1.80. The molecule has 0 fully saturated rings. The van der Waals surface area contributed by atoms with Gasteiger partial charge in [-0.1, -0.05) is 0 Å². The van der Waals surface area contributed by atoms with Crippen LogP contribution in [0.3, 0.4) is 0 Å². The van der Waals surface area contributed by atoms with E-state index >= 15 is 0 Å². The fourth-order valence-corrected chi connectivity index (χ4v) is 1.96. The van der Waals surface area contributed by atoms with Gasteiger partial charge in [-0.3, -0.25) is 9.78 Å². The summed E-state index contributed by atoms with van der Waals surface area (Å²) < 4.78 is 18.5. The van der Waals surface area contributed by atoms with Crippen molar-refractivity contribution >= 4 is 5.91 Å². The van der Waals surface area contributed by atoms with Crippen LogP contribution in [0.25, 0.3) is 11.3 Å². The molecule has 2 N–H and O–H groups in total. The number of carbonyl (C=O) groups is 1. The van der Waals surface area contributed by atoms with Crippen LogP contribution in [0.2, 0.25) is 0 Å². The standard InChI is InChI=1S/C17H12FN3O2/c18-12-3-7-14(8-4-12)23-13-5-1-11(2-6-13)15-9-20-10-16(21-15)17(19)22/h1-10H,(H2,19,22). The topological polar surface area (TPSA) is 78.1 Å². The van der Waals surface area contributed by atoms with E-state index in [1.165, 1.54) is 18.3 Å². The van der Waals surface area contributed by atoms with E-state index in [0.29, 0.717) is 17.2 Å². The lowest BCUT2D eigenvalue weighted by Gasteiger charge is -2.07. The van der Waals surface area contributed by atoms with Gasteiger partial charge >= 0.3 is 0 Å². The first-order chi connectivity index (χ1) is 11.1. The SMILES string of the molecule is NC(=O)c1cncc(-c2ccc(Oc3ccc(F)cc3)cc2)n1. The Kier molecular flexibility index (Phi) is 3.97.